The van der Waals surface area contributed by atoms with E-state index >= 15 is 0 Å². The van der Waals surface area contributed by atoms with Crippen molar-refractivity contribution in [3.8, 4) is 5.75 Å². The van der Waals surface area contributed by atoms with E-state index in [1.165, 1.54) is 23.3 Å². The Bertz CT molecular complexity index is 1060. The summed E-state index contributed by atoms with van der Waals surface area (Å²) in [6.45, 7) is 7.68. The summed E-state index contributed by atoms with van der Waals surface area (Å²) < 4.78 is 24.3. The number of carbonyl (C=O) groups excluding carboxylic acids is 1. The molecule has 1 fully saturated rings. The number of hydrogen-bond donors (Lipinski definition) is 0. The van der Waals surface area contributed by atoms with Gasteiger partial charge in [0.2, 0.25) is 0 Å². The SMILES string of the molecule is Cc1ccccc1CN1CCN(C(=O)c2noc(C)c2COc2cccc(F)c2)CC1. The van der Waals surface area contributed by atoms with E-state index in [1.807, 2.05) is 6.07 Å². The van der Waals surface area contributed by atoms with Crippen molar-refractivity contribution < 1.29 is 18.4 Å². The molecule has 0 spiro atoms. The van der Waals surface area contributed by atoms with Gasteiger partial charge in [0.25, 0.3) is 5.91 Å². The minimum absolute atomic E-state index is 0.0904. The number of benzene rings is 2. The van der Waals surface area contributed by atoms with E-state index in [0.29, 0.717) is 30.2 Å². The van der Waals surface area contributed by atoms with Gasteiger partial charge in [-0.05, 0) is 37.1 Å². The van der Waals surface area contributed by atoms with Crippen LogP contribution in [0.2, 0.25) is 0 Å². The van der Waals surface area contributed by atoms with E-state index in [4.69, 9.17) is 9.26 Å². The van der Waals surface area contributed by atoms with Gasteiger partial charge in [0.1, 0.15) is 23.9 Å². The number of halogens is 1. The molecule has 3 aromatic rings. The molecule has 4 rings (SSSR count). The van der Waals surface area contributed by atoms with Gasteiger partial charge in [0.15, 0.2) is 5.69 Å². The second-order valence-electron chi connectivity index (χ2n) is 7.81. The molecule has 0 aliphatic carbocycles. The van der Waals surface area contributed by atoms with Gasteiger partial charge in [-0.3, -0.25) is 9.69 Å². The van der Waals surface area contributed by atoms with Crippen LogP contribution in [0.25, 0.3) is 0 Å². The summed E-state index contributed by atoms with van der Waals surface area (Å²) in [5.41, 5.74) is 3.45. The lowest BCUT2D eigenvalue weighted by molar-refractivity contribution is 0.0616. The van der Waals surface area contributed by atoms with Crippen LogP contribution >= 0.6 is 0 Å². The highest BCUT2D eigenvalue weighted by Crippen LogP contribution is 2.21. The Morgan fingerprint density at radius 1 is 1.10 bits per heavy atom. The quantitative estimate of drug-likeness (QED) is 0.601. The Morgan fingerprint density at radius 3 is 2.61 bits per heavy atom. The summed E-state index contributed by atoms with van der Waals surface area (Å²) >= 11 is 0. The number of aromatic nitrogens is 1. The Kier molecular flexibility index (Phi) is 6.32. The van der Waals surface area contributed by atoms with Gasteiger partial charge in [-0.1, -0.05) is 35.5 Å². The van der Waals surface area contributed by atoms with E-state index in [1.54, 1.807) is 24.0 Å². The third kappa shape index (κ3) is 4.94. The van der Waals surface area contributed by atoms with Crippen molar-refractivity contribution in [1.29, 1.82) is 0 Å². The maximum absolute atomic E-state index is 13.4. The van der Waals surface area contributed by atoms with Gasteiger partial charge >= 0.3 is 0 Å². The van der Waals surface area contributed by atoms with Gasteiger partial charge in [0.05, 0.1) is 5.56 Å². The first-order chi connectivity index (χ1) is 15.0. The molecule has 0 N–H and O–H groups in total. The van der Waals surface area contributed by atoms with E-state index in [0.717, 1.165) is 19.6 Å². The van der Waals surface area contributed by atoms with Crippen LogP contribution in [0.15, 0.2) is 53.1 Å². The van der Waals surface area contributed by atoms with Gasteiger partial charge in [-0.25, -0.2) is 4.39 Å². The molecule has 0 radical (unpaired) electrons. The van der Waals surface area contributed by atoms with Crippen molar-refractivity contribution >= 4 is 5.91 Å². The monoisotopic (exact) mass is 423 g/mol. The maximum atomic E-state index is 13.4. The fourth-order valence-corrected chi connectivity index (χ4v) is 3.73. The third-order valence-electron chi connectivity index (χ3n) is 5.68. The minimum atomic E-state index is -0.376. The highest BCUT2D eigenvalue weighted by atomic mass is 19.1. The topological polar surface area (TPSA) is 58.8 Å². The first-order valence-electron chi connectivity index (χ1n) is 10.4. The molecule has 7 heteroatoms. The molecule has 1 aliphatic heterocycles. The lowest BCUT2D eigenvalue weighted by Gasteiger charge is -2.34. The molecule has 1 saturated heterocycles. The van der Waals surface area contributed by atoms with E-state index < -0.39 is 0 Å². The van der Waals surface area contributed by atoms with Gasteiger partial charge in [0, 0.05) is 38.8 Å². The van der Waals surface area contributed by atoms with Gasteiger partial charge in [-0.15, -0.1) is 0 Å². The Labute approximate surface area is 181 Å². The predicted molar refractivity (Wildman–Crippen MR) is 114 cm³/mol. The summed E-state index contributed by atoms with van der Waals surface area (Å²) in [6, 6.07) is 14.3. The number of nitrogens with zero attached hydrogens (tertiary/aromatic N) is 3. The highest BCUT2D eigenvalue weighted by molar-refractivity contribution is 5.93. The van der Waals surface area contributed by atoms with Crippen molar-refractivity contribution in [2.24, 2.45) is 0 Å². The predicted octanol–water partition coefficient (Wildman–Crippen LogP) is 3.97. The van der Waals surface area contributed by atoms with E-state index in [2.05, 4.69) is 35.2 Å². The summed E-state index contributed by atoms with van der Waals surface area (Å²) in [6.07, 6.45) is 0. The van der Waals surface area contributed by atoms with Crippen LogP contribution in [0.1, 0.15) is 32.9 Å². The van der Waals surface area contributed by atoms with Crippen molar-refractivity contribution in [2.45, 2.75) is 27.0 Å². The van der Waals surface area contributed by atoms with Crippen molar-refractivity contribution in [3.05, 3.63) is 82.5 Å². The van der Waals surface area contributed by atoms with Crippen molar-refractivity contribution in [3.63, 3.8) is 0 Å². The van der Waals surface area contributed by atoms with E-state index in [-0.39, 0.29) is 24.0 Å². The molecule has 162 valence electrons. The molecule has 2 heterocycles. The van der Waals surface area contributed by atoms with Crippen molar-refractivity contribution in [2.75, 3.05) is 26.2 Å². The summed E-state index contributed by atoms with van der Waals surface area (Å²) in [5.74, 6) is 0.381. The zero-order chi connectivity index (χ0) is 21.8. The number of piperazine rings is 1. The molecule has 1 aromatic heterocycles. The van der Waals surface area contributed by atoms with Crippen LogP contribution in [-0.2, 0) is 13.2 Å². The Balaban J connectivity index is 1.37. The molecular weight excluding hydrogens is 397 g/mol. The number of aryl methyl sites for hydroxylation is 2. The molecular formula is C24H26FN3O3. The number of hydrogen-bond acceptors (Lipinski definition) is 5. The van der Waals surface area contributed by atoms with Gasteiger partial charge in [-0.2, -0.15) is 0 Å². The normalized spacial score (nSPS) is 14.6. The van der Waals surface area contributed by atoms with Crippen LogP contribution in [-0.4, -0.2) is 47.0 Å². The first kappa shape index (κ1) is 21.1. The third-order valence-corrected chi connectivity index (χ3v) is 5.68. The number of carbonyl (C=O) groups is 1. The molecule has 31 heavy (non-hydrogen) atoms. The van der Waals surface area contributed by atoms with Crippen LogP contribution in [0, 0.1) is 19.7 Å². The van der Waals surface area contributed by atoms with Crippen molar-refractivity contribution in [1.82, 2.24) is 15.0 Å². The minimum Gasteiger partial charge on any atom is -0.489 e. The van der Waals surface area contributed by atoms with Crippen LogP contribution in [0.3, 0.4) is 0 Å². The Morgan fingerprint density at radius 2 is 1.87 bits per heavy atom. The molecule has 1 amide bonds. The molecule has 1 aliphatic rings. The average Bonchev–Trinajstić information content (AvgIpc) is 3.14. The standard InChI is InChI=1S/C24H26FN3O3/c1-17-6-3-4-7-19(17)15-27-10-12-28(13-11-27)24(29)23-22(18(2)31-26-23)16-30-21-9-5-8-20(25)14-21/h3-9,14H,10-13,15-16H2,1-2H3. The number of ether oxygens (including phenoxy) is 1. The lowest BCUT2D eigenvalue weighted by Crippen LogP contribution is -2.48. The average molecular weight is 423 g/mol. The molecule has 6 nitrogen and oxygen atoms in total. The molecule has 0 atom stereocenters. The second-order valence-corrected chi connectivity index (χ2v) is 7.81. The molecule has 2 aromatic carbocycles. The fourth-order valence-electron chi connectivity index (χ4n) is 3.73. The summed E-state index contributed by atoms with van der Waals surface area (Å²) in [5, 5.41) is 3.99. The highest BCUT2D eigenvalue weighted by Gasteiger charge is 2.28. The molecule has 0 bridgehead atoms. The Hall–Kier alpha value is -3.19. The smallest absolute Gasteiger partial charge is 0.276 e. The van der Waals surface area contributed by atoms with Crippen LogP contribution in [0.5, 0.6) is 5.75 Å². The molecule has 0 unspecified atom stereocenters. The molecule has 0 saturated carbocycles. The number of amides is 1. The summed E-state index contributed by atoms with van der Waals surface area (Å²) in [7, 11) is 0. The maximum Gasteiger partial charge on any atom is 0.276 e. The van der Waals surface area contributed by atoms with Crippen LogP contribution < -0.4 is 4.74 Å². The number of rotatable bonds is 6. The van der Waals surface area contributed by atoms with E-state index in [9.17, 15) is 9.18 Å². The van der Waals surface area contributed by atoms with Crippen LogP contribution in [0.4, 0.5) is 4.39 Å². The summed E-state index contributed by atoms with van der Waals surface area (Å²) in [4.78, 5) is 17.2. The zero-order valence-corrected chi connectivity index (χ0v) is 17.8. The lowest BCUT2D eigenvalue weighted by atomic mass is 10.1. The zero-order valence-electron chi connectivity index (χ0n) is 17.8. The second kappa shape index (κ2) is 9.31. The first-order valence-corrected chi connectivity index (χ1v) is 10.4. The van der Waals surface area contributed by atoms with Gasteiger partial charge < -0.3 is 14.2 Å². The fraction of sp³-hybridized carbons (Fsp3) is 0.333. The largest absolute Gasteiger partial charge is 0.489 e.